The van der Waals surface area contributed by atoms with Crippen LogP contribution in [0.25, 0.3) is 0 Å². The fourth-order valence-electron chi connectivity index (χ4n) is 3.75. The Balaban J connectivity index is 1.60. The number of carbonyl (C=O) groups is 1. The average molecular weight is 336 g/mol. The number of hydrogen-bond donors (Lipinski definition) is 2. The second-order valence-corrected chi connectivity index (χ2v) is 7.22. The highest BCUT2D eigenvalue weighted by atomic mass is 16.2. The van der Waals surface area contributed by atoms with Crippen LogP contribution in [0.1, 0.15) is 55.5 Å². The van der Waals surface area contributed by atoms with E-state index in [-0.39, 0.29) is 18.0 Å². The third kappa shape index (κ3) is 4.49. The smallest absolute Gasteiger partial charge is 0.234 e. The Morgan fingerprint density at radius 1 is 1.08 bits per heavy atom. The zero-order valence-electron chi connectivity index (χ0n) is 15.2. The van der Waals surface area contributed by atoms with Gasteiger partial charge in [-0.15, -0.1) is 0 Å². The van der Waals surface area contributed by atoms with E-state index in [4.69, 9.17) is 0 Å². The lowest BCUT2D eigenvalue weighted by Gasteiger charge is -2.27. The minimum atomic E-state index is 0.0725. The Bertz CT molecular complexity index is 696. The van der Waals surface area contributed by atoms with Gasteiger partial charge in [0.25, 0.3) is 0 Å². The van der Waals surface area contributed by atoms with Gasteiger partial charge in [-0.25, -0.2) is 0 Å². The maximum absolute atomic E-state index is 12.5. The SMILES string of the molecule is CC(C)[C@H](NCC(=O)N[C@@H]1CCCc2ccccc21)c1ccccc1. The van der Waals surface area contributed by atoms with Crippen LogP contribution >= 0.6 is 0 Å². The van der Waals surface area contributed by atoms with Crippen LogP contribution in [0.3, 0.4) is 0 Å². The summed E-state index contributed by atoms with van der Waals surface area (Å²) in [5, 5.41) is 6.66. The summed E-state index contributed by atoms with van der Waals surface area (Å²) in [6, 6.07) is 19.2. The van der Waals surface area contributed by atoms with Gasteiger partial charge in [0.1, 0.15) is 0 Å². The predicted octanol–water partition coefficient (Wildman–Crippen LogP) is 4.17. The van der Waals surface area contributed by atoms with E-state index in [9.17, 15) is 4.79 Å². The molecule has 3 nitrogen and oxygen atoms in total. The Morgan fingerprint density at radius 3 is 2.56 bits per heavy atom. The fourth-order valence-corrected chi connectivity index (χ4v) is 3.75. The first-order valence-electron chi connectivity index (χ1n) is 9.30. The van der Waals surface area contributed by atoms with Gasteiger partial charge in [-0.1, -0.05) is 68.4 Å². The molecule has 0 saturated carbocycles. The van der Waals surface area contributed by atoms with Crippen molar-refractivity contribution in [1.82, 2.24) is 10.6 Å². The molecule has 0 radical (unpaired) electrons. The van der Waals surface area contributed by atoms with Gasteiger partial charge >= 0.3 is 0 Å². The lowest BCUT2D eigenvalue weighted by Crippen LogP contribution is -2.39. The minimum absolute atomic E-state index is 0.0725. The lowest BCUT2D eigenvalue weighted by atomic mass is 9.88. The van der Waals surface area contributed by atoms with E-state index in [1.165, 1.54) is 16.7 Å². The van der Waals surface area contributed by atoms with E-state index in [0.717, 1.165) is 19.3 Å². The van der Waals surface area contributed by atoms with Crippen LogP contribution in [0.5, 0.6) is 0 Å². The molecule has 2 aromatic carbocycles. The number of aryl methyl sites for hydroxylation is 1. The molecule has 0 aliphatic heterocycles. The quantitative estimate of drug-likeness (QED) is 0.831. The van der Waals surface area contributed by atoms with Crippen LogP contribution in [-0.2, 0) is 11.2 Å². The molecule has 0 bridgehead atoms. The van der Waals surface area contributed by atoms with Gasteiger partial charge in [0.15, 0.2) is 0 Å². The van der Waals surface area contributed by atoms with Crippen LogP contribution in [0.15, 0.2) is 54.6 Å². The summed E-state index contributed by atoms with van der Waals surface area (Å²) in [7, 11) is 0. The van der Waals surface area contributed by atoms with Gasteiger partial charge in [0, 0.05) is 6.04 Å². The van der Waals surface area contributed by atoms with E-state index in [2.05, 4.69) is 60.9 Å². The van der Waals surface area contributed by atoms with Crippen LogP contribution in [0.2, 0.25) is 0 Å². The number of nitrogens with one attached hydrogen (secondary N) is 2. The van der Waals surface area contributed by atoms with Crippen molar-refractivity contribution in [2.45, 2.75) is 45.2 Å². The standard InChI is InChI=1S/C22H28N2O/c1-16(2)22(18-10-4-3-5-11-18)23-15-21(25)24-20-14-8-12-17-9-6-7-13-19(17)20/h3-7,9-11,13,16,20,22-23H,8,12,14-15H2,1-2H3,(H,24,25)/t20-,22+/m1/s1. The van der Waals surface area contributed by atoms with E-state index < -0.39 is 0 Å². The number of carbonyl (C=O) groups excluding carboxylic acids is 1. The van der Waals surface area contributed by atoms with Crippen molar-refractivity contribution in [3.8, 4) is 0 Å². The van der Waals surface area contributed by atoms with Gasteiger partial charge in [0.2, 0.25) is 5.91 Å². The first-order valence-corrected chi connectivity index (χ1v) is 9.30. The van der Waals surface area contributed by atoms with Crippen LogP contribution in [0.4, 0.5) is 0 Å². The highest BCUT2D eigenvalue weighted by molar-refractivity contribution is 5.78. The monoisotopic (exact) mass is 336 g/mol. The summed E-state index contributed by atoms with van der Waals surface area (Å²) in [6.45, 7) is 4.70. The zero-order chi connectivity index (χ0) is 17.6. The number of hydrogen-bond acceptors (Lipinski definition) is 2. The molecule has 0 unspecified atom stereocenters. The first-order chi connectivity index (χ1) is 12.1. The molecule has 1 aliphatic rings. The summed E-state index contributed by atoms with van der Waals surface area (Å²) in [6.07, 6.45) is 3.27. The average Bonchev–Trinajstić information content (AvgIpc) is 2.63. The largest absolute Gasteiger partial charge is 0.348 e. The number of rotatable bonds is 6. The summed E-state index contributed by atoms with van der Waals surface area (Å²) in [5.74, 6) is 0.494. The third-order valence-corrected chi connectivity index (χ3v) is 5.01. The molecular formula is C22H28N2O. The van der Waals surface area contributed by atoms with Gasteiger partial charge in [0.05, 0.1) is 12.6 Å². The molecule has 1 amide bonds. The molecule has 0 aromatic heterocycles. The molecule has 2 aromatic rings. The predicted molar refractivity (Wildman–Crippen MR) is 102 cm³/mol. The van der Waals surface area contributed by atoms with Crippen LogP contribution < -0.4 is 10.6 Å². The van der Waals surface area contributed by atoms with Crippen LogP contribution in [0, 0.1) is 5.92 Å². The Hall–Kier alpha value is -2.13. The van der Waals surface area contributed by atoms with E-state index >= 15 is 0 Å². The Morgan fingerprint density at radius 2 is 1.80 bits per heavy atom. The Labute approximate surface area is 150 Å². The molecule has 0 saturated heterocycles. The molecule has 0 spiro atoms. The lowest BCUT2D eigenvalue weighted by molar-refractivity contribution is -0.121. The minimum Gasteiger partial charge on any atom is -0.348 e. The number of amides is 1. The van der Waals surface area contributed by atoms with E-state index in [1.54, 1.807) is 0 Å². The first kappa shape index (κ1) is 17.7. The van der Waals surface area contributed by atoms with Crippen molar-refractivity contribution in [2.24, 2.45) is 5.92 Å². The summed E-state index contributed by atoms with van der Waals surface area (Å²) >= 11 is 0. The second-order valence-electron chi connectivity index (χ2n) is 7.22. The van der Waals surface area contributed by atoms with Gasteiger partial charge in [-0.3, -0.25) is 4.79 Å². The van der Waals surface area contributed by atoms with Crippen molar-refractivity contribution in [2.75, 3.05) is 6.54 Å². The molecule has 0 fully saturated rings. The zero-order valence-corrected chi connectivity index (χ0v) is 15.2. The molecule has 2 atom stereocenters. The molecule has 2 N–H and O–H groups in total. The van der Waals surface area contributed by atoms with Gasteiger partial charge < -0.3 is 10.6 Å². The van der Waals surface area contributed by atoms with Crippen molar-refractivity contribution >= 4 is 5.91 Å². The maximum Gasteiger partial charge on any atom is 0.234 e. The Kier molecular flexibility index (Phi) is 5.87. The van der Waals surface area contributed by atoms with E-state index in [0.29, 0.717) is 12.5 Å². The molecule has 1 aliphatic carbocycles. The molecule has 3 rings (SSSR count). The molecular weight excluding hydrogens is 308 g/mol. The summed E-state index contributed by atoms with van der Waals surface area (Å²) < 4.78 is 0. The van der Waals surface area contributed by atoms with Gasteiger partial charge in [-0.05, 0) is 41.9 Å². The maximum atomic E-state index is 12.5. The summed E-state index contributed by atoms with van der Waals surface area (Å²) in [4.78, 5) is 12.5. The second kappa shape index (κ2) is 8.30. The van der Waals surface area contributed by atoms with Gasteiger partial charge in [-0.2, -0.15) is 0 Å². The highest BCUT2D eigenvalue weighted by Crippen LogP contribution is 2.29. The summed E-state index contributed by atoms with van der Waals surface area (Å²) in [5.41, 5.74) is 3.88. The van der Waals surface area contributed by atoms with Crippen molar-refractivity contribution in [3.63, 3.8) is 0 Å². The third-order valence-electron chi connectivity index (χ3n) is 5.01. The fraction of sp³-hybridized carbons (Fsp3) is 0.409. The van der Waals surface area contributed by atoms with Crippen molar-refractivity contribution in [1.29, 1.82) is 0 Å². The topological polar surface area (TPSA) is 41.1 Å². The molecule has 3 heteroatoms. The van der Waals surface area contributed by atoms with E-state index in [1.807, 2.05) is 18.2 Å². The number of benzene rings is 2. The molecule has 25 heavy (non-hydrogen) atoms. The van der Waals surface area contributed by atoms with Crippen molar-refractivity contribution in [3.05, 3.63) is 71.3 Å². The highest BCUT2D eigenvalue weighted by Gasteiger charge is 2.22. The molecule has 0 heterocycles. The normalized spacial score (nSPS) is 17.8. The van der Waals surface area contributed by atoms with Crippen LogP contribution in [-0.4, -0.2) is 12.5 Å². The number of fused-ring (bicyclic) bond motifs is 1. The van der Waals surface area contributed by atoms with Crippen molar-refractivity contribution < 1.29 is 4.79 Å². The molecule has 132 valence electrons.